The summed E-state index contributed by atoms with van der Waals surface area (Å²) in [6, 6.07) is 1.68. The second-order valence-corrected chi connectivity index (χ2v) is 4.31. The fourth-order valence-electron chi connectivity index (χ4n) is 1.58. The summed E-state index contributed by atoms with van der Waals surface area (Å²) >= 11 is 0. The molecular weight excluding hydrogens is 248 g/mol. The van der Waals surface area contributed by atoms with Gasteiger partial charge in [-0.15, -0.1) is 0 Å². The molecule has 0 amide bonds. The molecule has 19 heavy (non-hydrogen) atoms. The Balaban J connectivity index is 2.78. The molecule has 1 aromatic heterocycles. The topological polar surface area (TPSA) is 98.6 Å². The van der Waals surface area contributed by atoms with Crippen molar-refractivity contribution < 1.29 is 15.0 Å². The van der Waals surface area contributed by atoms with E-state index in [1.165, 1.54) is 6.33 Å². The molecular formula is C12H20N4O3. The van der Waals surface area contributed by atoms with Gasteiger partial charge in [-0.2, -0.15) is 0 Å². The van der Waals surface area contributed by atoms with Gasteiger partial charge in [-0.25, -0.2) is 9.97 Å². The molecule has 106 valence electrons. The van der Waals surface area contributed by atoms with Crippen molar-refractivity contribution in [1.29, 1.82) is 0 Å². The number of carboxylic acids is 1. The van der Waals surface area contributed by atoms with Crippen LogP contribution in [0.15, 0.2) is 12.4 Å². The van der Waals surface area contributed by atoms with Crippen molar-refractivity contribution in [3.63, 3.8) is 0 Å². The van der Waals surface area contributed by atoms with Crippen LogP contribution >= 0.6 is 0 Å². The minimum absolute atomic E-state index is 0.0965. The summed E-state index contributed by atoms with van der Waals surface area (Å²) in [5.41, 5.74) is 0. The lowest BCUT2D eigenvalue weighted by Crippen LogP contribution is -2.31. The predicted octanol–water partition coefficient (Wildman–Crippen LogP) is 0.570. The van der Waals surface area contributed by atoms with Crippen LogP contribution < -0.4 is 10.2 Å². The minimum atomic E-state index is -0.898. The molecule has 7 nitrogen and oxygen atoms in total. The highest BCUT2D eigenvalue weighted by atomic mass is 16.4. The van der Waals surface area contributed by atoms with Crippen molar-refractivity contribution in [3.8, 4) is 0 Å². The standard InChI is InChI=1S/C12H20N4O3/c1-3-4-16(7-12(18)19)11-5-10(14-8-15-11)13-6-9(2)17/h5,8-9,17H,3-4,6-7H2,1-2H3,(H,18,19)(H,13,14,15). The van der Waals surface area contributed by atoms with Gasteiger partial charge in [0, 0.05) is 19.2 Å². The van der Waals surface area contributed by atoms with E-state index in [1.807, 2.05) is 6.92 Å². The van der Waals surface area contributed by atoms with Gasteiger partial charge >= 0.3 is 5.97 Å². The molecule has 1 aromatic rings. The minimum Gasteiger partial charge on any atom is -0.480 e. The molecule has 3 N–H and O–H groups in total. The molecule has 1 heterocycles. The molecule has 0 aromatic carbocycles. The molecule has 0 aliphatic heterocycles. The molecule has 7 heteroatoms. The Kier molecular flexibility index (Phi) is 6.01. The fourth-order valence-corrected chi connectivity index (χ4v) is 1.58. The summed E-state index contributed by atoms with van der Waals surface area (Å²) < 4.78 is 0. The molecule has 0 aliphatic carbocycles. The summed E-state index contributed by atoms with van der Waals surface area (Å²) in [6.07, 6.45) is 1.72. The van der Waals surface area contributed by atoms with Gasteiger partial charge in [-0.1, -0.05) is 6.92 Å². The predicted molar refractivity (Wildman–Crippen MR) is 72.3 cm³/mol. The van der Waals surface area contributed by atoms with Crippen molar-refractivity contribution in [2.24, 2.45) is 0 Å². The summed E-state index contributed by atoms with van der Waals surface area (Å²) in [7, 11) is 0. The lowest BCUT2D eigenvalue weighted by Gasteiger charge is -2.21. The Hall–Kier alpha value is -1.89. The van der Waals surface area contributed by atoms with Gasteiger partial charge < -0.3 is 20.4 Å². The molecule has 0 spiro atoms. The van der Waals surface area contributed by atoms with Crippen molar-refractivity contribution in [2.75, 3.05) is 29.9 Å². The van der Waals surface area contributed by atoms with Gasteiger partial charge in [0.25, 0.3) is 0 Å². The second kappa shape index (κ2) is 7.52. The van der Waals surface area contributed by atoms with E-state index in [4.69, 9.17) is 5.11 Å². The average molecular weight is 268 g/mol. The monoisotopic (exact) mass is 268 g/mol. The summed E-state index contributed by atoms with van der Waals surface area (Å²) in [6.45, 7) is 4.54. The number of carbonyl (C=O) groups is 1. The number of aromatic nitrogens is 2. The first-order valence-electron chi connectivity index (χ1n) is 6.23. The van der Waals surface area contributed by atoms with Crippen LogP contribution in [-0.4, -0.2) is 51.9 Å². The fraction of sp³-hybridized carbons (Fsp3) is 0.583. The van der Waals surface area contributed by atoms with Crippen LogP contribution in [0.25, 0.3) is 0 Å². The van der Waals surface area contributed by atoms with Crippen LogP contribution in [0.3, 0.4) is 0 Å². The van der Waals surface area contributed by atoms with Gasteiger partial charge in [0.1, 0.15) is 24.5 Å². The molecule has 0 bridgehead atoms. The number of hydrogen-bond donors (Lipinski definition) is 3. The Morgan fingerprint density at radius 1 is 1.53 bits per heavy atom. The van der Waals surface area contributed by atoms with Gasteiger partial charge in [0.15, 0.2) is 0 Å². The number of aliphatic hydroxyl groups is 1. The zero-order chi connectivity index (χ0) is 14.3. The Morgan fingerprint density at radius 3 is 2.84 bits per heavy atom. The van der Waals surface area contributed by atoms with E-state index in [9.17, 15) is 9.90 Å². The Morgan fingerprint density at radius 2 is 2.26 bits per heavy atom. The normalized spacial score (nSPS) is 11.9. The van der Waals surface area contributed by atoms with E-state index in [2.05, 4.69) is 15.3 Å². The smallest absolute Gasteiger partial charge is 0.323 e. The third-order valence-electron chi connectivity index (χ3n) is 2.37. The number of aliphatic hydroxyl groups excluding tert-OH is 1. The second-order valence-electron chi connectivity index (χ2n) is 4.31. The summed E-state index contributed by atoms with van der Waals surface area (Å²) in [5, 5.41) is 21.0. The zero-order valence-electron chi connectivity index (χ0n) is 11.2. The largest absolute Gasteiger partial charge is 0.480 e. The first kappa shape index (κ1) is 15.2. The van der Waals surface area contributed by atoms with E-state index in [0.717, 1.165) is 6.42 Å². The highest BCUT2D eigenvalue weighted by Gasteiger charge is 2.12. The average Bonchev–Trinajstić information content (AvgIpc) is 2.36. The quantitative estimate of drug-likeness (QED) is 0.634. The van der Waals surface area contributed by atoms with Crippen molar-refractivity contribution in [2.45, 2.75) is 26.4 Å². The molecule has 1 rings (SSSR count). The summed E-state index contributed by atoms with van der Waals surface area (Å²) in [4.78, 5) is 20.6. The number of carboxylic acid groups (broad SMARTS) is 1. The first-order chi connectivity index (χ1) is 9.02. The highest BCUT2D eigenvalue weighted by Crippen LogP contribution is 2.14. The molecule has 0 fully saturated rings. The SMILES string of the molecule is CCCN(CC(=O)O)c1cc(NCC(C)O)ncn1. The molecule has 1 unspecified atom stereocenters. The van der Waals surface area contributed by atoms with Gasteiger partial charge in [0.2, 0.25) is 0 Å². The lowest BCUT2D eigenvalue weighted by atomic mass is 10.3. The Bertz CT molecular complexity index is 412. The van der Waals surface area contributed by atoms with Crippen LogP contribution in [0.1, 0.15) is 20.3 Å². The van der Waals surface area contributed by atoms with Crippen LogP contribution in [0.2, 0.25) is 0 Å². The molecule has 0 radical (unpaired) electrons. The third-order valence-corrected chi connectivity index (χ3v) is 2.37. The van der Waals surface area contributed by atoms with Crippen molar-refractivity contribution >= 4 is 17.6 Å². The van der Waals surface area contributed by atoms with Crippen LogP contribution in [-0.2, 0) is 4.79 Å². The van der Waals surface area contributed by atoms with Crippen molar-refractivity contribution in [1.82, 2.24) is 9.97 Å². The highest BCUT2D eigenvalue weighted by molar-refractivity contribution is 5.73. The maximum absolute atomic E-state index is 10.8. The van der Waals surface area contributed by atoms with Crippen LogP contribution in [0.5, 0.6) is 0 Å². The van der Waals surface area contributed by atoms with Crippen LogP contribution in [0.4, 0.5) is 11.6 Å². The van der Waals surface area contributed by atoms with E-state index in [-0.39, 0.29) is 6.54 Å². The van der Waals surface area contributed by atoms with Gasteiger partial charge in [0.05, 0.1) is 6.10 Å². The Labute approximate surface area is 112 Å². The number of nitrogens with one attached hydrogen (secondary N) is 1. The lowest BCUT2D eigenvalue weighted by molar-refractivity contribution is -0.135. The maximum Gasteiger partial charge on any atom is 0.323 e. The number of aliphatic carboxylic acids is 1. The number of rotatable bonds is 8. The number of hydrogen-bond acceptors (Lipinski definition) is 6. The van der Waals surface area contributed by atoms with E-state index in [0.29, 0.717) is 24.7 Å². The summed E-state index contributed by atoms with van der Waals surface area (Å²) in [5.74, 6) is 0.232. The molecule has 0 saturated carbocycles. The van der Waals surface area contributed by atoms with Gasteiger partial charge in [-0.05, 0) is 13.3 Å². The molecule has 1 atom stereocenters. The van der Waals surface area contributed by atoms with E-state index in [1.54, 1.807) is 17.9 Å². The number of anilines is 2. The van der Waals surface area contributed by atoms with Crippen LogP contribution in [0, 0.1) is 0 Å². The number of nitrogens with zero attached hydrogens (tertiary/aromatic N) is 3. The third kappa shape index (κ3) is 5.52. The molecule has 0 aliphatic rings. The van der Waals surface area contributed by atoms with Gasteiger partial charge in [-0.3, -0.25) is 4.79 Å². The van der Waals surface area contributed by atoms with Crippen molar-refractivity contribution in [3.05, 3.63) is 12.4 Å². The zero-order valence-corrected chi connectivity index (χ0v) is 11.2. The first-order valence-corrected chi connectivity index (χ1v) is 6.23. The maximum atomic E-state index is 10.8. The van der Waals surface area contributed by atoms with E-state index >= 15 is 0 Å². The molecule has 0 saturated heterocycles. The van der Waals surface area contributed by atoms with E-state index < -0.39 is 12.1 Å².